The predicted octanol–water partition coefficient (Wildman–Crippen LogP) is 2.60. The first-order valence-electron chi connectivity index (χ1n) is 7.20. The molecular weight excluding hydrogens is 327 g/mol. The molecule has 22 heavy (non-hydrogen) atoms. The minimum atomic E-state index is -0.811. The van der Waals surface area contributed by atoms with Gasteiger partial charge in [0.1, 0.15) is 0 Å². The third kappa shape index (κ3) is 4.35. The highest BCUT2D eigenvalue weighted by Gasteiger charge is 2.24. The Kier molecular flexibility index (Phi) is 6.06. The Balaban J connectivity index is 1.87. The maximum absolute atomic E-state index is 11.8. The Bertz CT molecular complexity index is 566. The number of aliphatic hydroxyl groups is 1. The highest BCUT2D eigenvalue weighted by Crippen LogP contribution is 2.29. The molecule has 1 fully saturated rings. The molecule has 2 amide bonds. The molecule has 0 radical (unpaired) electrons. The Morgan fingerprint density at radius 1 is 1.18 bits per heavy atom. The van der Waals surface area contributed by atoms with Gasteiger partial charge in [-0.05, 0) is 25.0 Å². The summed E-state index contributed by atoms with van der Waals surface area (Å²) in [5.74, 6) is -1.57. The van der Waals surface area contributed by atoms with E-state index in [1.807, 2.05) is 0 Å². The van der Waals surface area contributed by atoms with Gasteiger partial charge in [-0.2, -0.15) is 0 Å². The van der Waals surface area contributed by atoms with Crippen LogP contribution >= 0.6 is 23.2 Å². The molecule has 120 valence electrons. The standard InChI is InChI=1S/C15H18Cl2N2O3/c16-10-5-3-6-11(13(10)17)19-15(22)14(21)18-8-9-4-1-2-7-12(9)20/h3,5-6,9,12,20H,1-2,4,7-8H2,(H,18,21)(H,19,22). The van der Waals surface area contributed by atoms with E-state index in [0.717, 1.165) is 25.7 Å². The Labute approximate surface area is 139 Å². The lowest BCUT2D eigenvalue weighted by atomic mass is 9.86. The first-order valence-corrected chi connectivity index (χ1v) is 7.96. The number of anilines is 1. The van der Waals surface area contributed by atoms with E-state index in [1.54, 1.807) is 18.2 Å². The van der Waals surface area contributed by atoms with Gasteiger partial charge in [0.05, 0.1) is 21.8 Å². The highest BCUT2D eigenvalue weighted by molar-refractivity contribution is 6.45. The van der Waals surface area contributed by atoms with E-state index in [2.05, 4.69) is 10.6 Å². The van der Waals surface area contributed by atoms with Crippen LogP contribution in [0.1, 0.15) is 25.7 Å². The van der Waals surface area contributed by atoms with Crippen molar-refractivity contribution in [1.82, 2.24) is 5.32 Å². The Morgan fingerprint density at radius 3 is 2.64 bits per heavy atom. The summed E-state index contributed by atoms with van der Waals surface area (Å²) in [6, 6.07) is 4.77. The largest absolute Gasteiger partial charge is 0.393 e. The molecule has 1 aliphatic rings. The lowest BCUT2D eigenvalue weighted by Gasteiger charge is -2.27. The van der Waals surface area contributed by atoms with Crippen molar-refractivity contribution in [2.75, 3.05) is 11.9 Å². The van der Waals surface area contributed by atoms with Crippen LogP contribution in [0, 0.1) is 5.92 Å². The number of aliphatic hydroxyl groups excluding tert-OH is 1. The summed E-state index contributed by atoms with van der Waals surface area (Å²) < 4.78 is 0. The van der Waals surface area contributed by atoms with Gasteiger partial charge >= 0.3 is 11.8 Å². The topological polar surface area (TPSA) is 78.4 Å². The van der Waals surface area contributed by atoms with Gasteiger partial charge in [0.25, 0.3) is 0 Å². The fraction of sp³-hybridized carbons (Fsp3) is 0.467. The van der Waals surface area contributed by atoms with Gasteiger partial charge in [-0.15, -0.1) is 0 Å². The minimum absolute atomic E-state index is 0.000239. The second-order valence-corrected chi connectivity index (χ2v) is 6.16. The summed E-state index contributed by atoms with van der Waals surface area (Å²) >= 11 is 11.8. The van der Waals surface area contributed by atoms with E-state index in [1.165, 1.54) is 0 Å². The van der Waals surface area contributed by atoms with E-state index in [-0.39, 0.29) is 23.2 Å². The molecule has 2 unspecified atom stereocenters. The van der Waals surface area contributed by atoms with Crippen molar-refractivity contribution < 1.29 is 14.7 Å². The summed E-state index contributed by atoms with van der Waals surface area (Å²) in [5.41, 5.74) is 0.284. The zero-order valence-electron chi connectivity index (χ0n) is 11.9. The fourth-order valence-electron chi connectivity index (χ4n) is 2.51. The van der Waals surface area contributed by atoms with Crippen LogP contribution in [-0.2, 0) is 9.59 Å². The monoisotopic (exact) mass is 344 g/mol. The smallest absolute Gasteiger partial charge is 0.313 e. The molecule has 0 bridgehead atoms. The first kappa shape index (κ1) is 17.1. The molecule has 3 N–H and O–H groups in total. The van der Waals surface area contributed by atoms with Crippen LogP contribution in [0.3, 0.4) is 0 Å². The highest BCUT2D eigenvalue weighted by atomic mass is 35.5. The van der Waals surface area contributed by atoms with Crippen LogP contribution in [0.4, 0.5) is 5.69 Å². The van der Waals surface area contributed by atoms with E-state index in [4.69, 9.17) is 23.2 Å². The summed E-state index contributed by atoms with van der Waals surface area (Å²) in [7, 11) is 0. The summed E-state index contributed by atoms with van der Waals surface area (Å²) in [5, 5.41) is 15.3. The summed E-state index contributed by atoms with van der Waals surface area (Å²) in [4.78, 5) is 23.7. The Hall–Kier alpha value is -1.30. The molecule has 0 heterocycles. The molecule has 0 saturated heterocycles. The maximum Gasteiger partial charge on any atom is 0.313 e. The first-order chi connectivity index (χ1) is 10.5. The van der Waals surface area contributed by atoms with Crippen molar-refractivity contribution in [3.63, 3.8) is 0 Å². The molecule has 1 aliphatic carbocycles. The van der Waals surface area contributed by atoms with Crippen molar-refractivity contribution in [2.45, 2.75) is 31.8 Å². The van der Waals surface area contributed by atoms with Crippen LogP contribution in [0.5, 0.6) is 0 Å². The second-order valence-electron chi connectivity index (χ2n) is 5.38. The van der Waals surface area contributed by atoms with Crippen LogP contribution in [0.25, 0.3) is 0 Å². The molecule has 0 aromatic heterocycles. The average Bonchev–Trinajstić information content (AvgIpc) is 2.50. The van der Waals surface area contributed by atoms with Crippen LogP contribution < -0.4 is 10.6 Å². The normalized spacial score (nSPS) is 21.2. The van der Waals surface area contributed by atoms with Crippen molar-refractivity contribution in [1.29, 1.82) is 0 Å². The molecule has 0 aliphatic heterocycles. The maximum atomic E-state index is 11.8. The number of rotatable bonds is 3. The lowest BCUT2D eigenvalue weighted by Crippen LogP contribution is -2.41. The molecular formula is C15H18Cl2N2O3. The average molecular weight is 345 g/mol. The van der Waals surface area contributed by atoms with Gasteiger partial charge in [0.15, 0.2) is 0 Å². The van der Waals surface area contributed by atoms with E-state index < -0.39 is 17.9 Å². The molecule has 5 nitrogen and oxygen atoms in total. The number of benzene rings is 1. The van der Waals surface area contributed by atoms with E-state index in [9.17, 15) is 14.7 Å². The van der Waals surface area contributed by atoms with Crippen LogP contribution in [0.15, 0.2) is 18.2 Å². The van der Waals surface area contributed by atoms with E-state index >= 15 is 0 Å². The number of hydrogen-bond acceptors (Lipinski definition) is 3. The van der Waals surface area contributed by atoms with Gasteiger partial charge in [-0.1, -0.05) is 42.1 Å². The van der Waals surface area contributed by atoms with Crippen molar-refractivity contribution in [3.8, 4) is 0 Å². The minimum Gasteiger partial charge on any atom is -0.393 e. The number of carbonyl (C=O) groups is 2. The molecule has 1 saturated carbocycles. The molecule has 2 atom stereocenters. The van der Waals surface area contributed by atoms with Crippen molar-refractivity contribution >= 4 is 40.7 Å². The summed E-state index contributed by atoms with van der Waals surface area (Å²) in [6.07, 6.45) is 3.20. The van der Waals surface area contributed by atoms with Crippen molar-refractivity contribution in [2.24, 2.45) is 5.92 Å². The van der Waals surface area contributed by atoms with Crippen LogP contribution in [-0.4, -0.2) is 29.6 Å². The van der Waals surface area contributed by atoms with Gasteiger partial charge in [-0.25, -0.2) is 0 Å². The molecule has 0 spiro atoms. The van der Waals surface area contributed by atoms with Crippen LogP contribution in [0.2, 0.25) is 10.0 Å². The summed E-state index contributed by atoms with van der Waals surface area (Å²) in [6.45, 7) is 0.288. The quantitative estimate of drug-likeness (QED) is 0.737. The fourth-order valence-corrected chi connectivity index (χ4v) is 2.86. The zero-order chi connectivity index (χ0) is 16.1. The van der Waals surface area contributed by atoms with Gasteiger partial charge < -0.3 is 15.7 Å². The number of carbonyl (C=O) groups excluding carboxylic acids is 2. The molecule has 7 heteroatoms. The number of halogens is 2. The predicted molar refractivity (Wildman–Crippen MR) is 86.1 cm³/mol. The third-order valence-electron chi connectivity index (χ3n) is 3.80. The Morgan fingerprint density at radius 2 is 1.91 bits per heavy atom. The molecule has 1 aromatic rings. The second kappa shape index (κ2) is 7.81. The number of hydrogen-bond donors (Lipinski definition) is 3. The zero-order valence-corrected chi connectivity index (χ0v) is 13.5. The lowest BCUT2D eigenvalue weighted by molar-refractivity contribution is -0.136. The third-order valence-corrected chi connectivity index (χ3v) is 4.62. The van der Waals surface area contributed by atoms with Gasteiger partial charge in [-0.3, -0.25) is 9.59 Å². The van der Waals surface area contributed by atoms with Gasteiger partial charge in [0.2, 0.25) is 0 Å². The number of nitrogens with one attached hydrogen (secondary N) is 2. The van der Waals surface area contributed by atoms with Crippen molar-refractivity contribution in [3.05, 3.63) is 28.2 Å². The molecule has 1 aromatic carbocycles. The van der Waals surface area contributed by atoms with Gasteiger partial charge in [0, 0.05) is 12.5 Å². The van der Waals surface area contributed by atoms with E-state index in [0.29, 0.717) is 5.02 Å². The SMILES string of the molecule is O=C(NCC1CCCCC1O)C(=O)Nc1cccc(Cl)c1Cl. The molecule has 2 rings (SSSR count). The number of amides is 2.